The number of carbonyl (C=O) groups excluding carboxylic acids is 1. The third kappa shape index (κ3) is 2.17. The van der Waals surface area contributed by atoms with Gasteiger partial charge >= 0.3 is 12.1 Å². The van der Waals surface area contributed by atoms with E-state index in [1.165, 1.54) is 0 Å². The summed E-state index contributed by atoms with van der Waals surface area (Å²) >= 11 is 0. The highest BCUT2D eigenvalue weighted by atomic mass is 19.4. The zero-order valence-corrected chi connectivity index (χ0v) is 8.27. The molecule has 0 aromatic carbocycles. The van der Waals surface area contributed by atoms with Crippen molar-refractivity contribution in [1.29, 1.82) is 0 Å². The summed E-state index contributed by atoms with van der Waals surface area (Å²) in [5, 5.41) is 8.50. The largest absolute Gasteiger partial charge is 0.471 e. The van der Waals surface area contributed by atoms with Crippen molar-refractivity contribution in [3.05, 3.63) is 17.5 Å². The molecule has 16 heavy (non-hydrogen) atoms. The van der Waals surface area contributed by atoms with Crippen molar-refractivity contribution in [3.63, 3.8) is 0 Å². The van der Waals surface area contributed by atoms with E-state index in [4.69, 9.17) is 0 Å². The first-order chi connectivity index (χ1) is 7.47. The van der Waals surface area contributed by atoms with E-state index >= 15 is 0 Å². The van der Waals surface area contributed by atoms with Gasteiger partial charge in [-0.05, 0) is 18.4 Å². The number of hydrogen-bond acceptors (Lipinski definition) is 2. The Balaban J connectivity index is 1.97. The Hall–Kier alpha value is -1.53. The second kappa shape index (κ2) is 3.80. The molecule has 0 saturated carbocycles. The molecule has 1 heterocycles. The van der Waals surface area contributed by atoms with Crippen LogP contribution < -0.4 is 5.32 Å². The third-order valence-corrected chi connectivity index (χ3v) is 2.61. The molecule has 4 nitrogen and oxygen atoms in total. The molecule has 1 aliphatic rings. The molecule has 1 atom stereocenters. The summed E-state index contributed by atoms with van der Waals surface area (Å²) in [6.45, 7) is 0. The van der Waals surface area contributed by atoms with Gasteiger partial charge in [0, 0.05) is 18.2 Å². The number of nitrogens with one attached hydrogen (secondary N) is 2. The lowest BCUT2D eigenvalue weighted by molar-refractivity contribution is -0.174. The van der Waals surface area contributed by atoms with Gasteiger partial charge in [0.05, 0.1) is 6.20 Å². The molecule has 0 saturated heterocycles. The van der Waals surface area contributed by atoms with Crippen molar-refractivity contribution in [3.8, 4) is 0 Å². The van der Waals surface area contributed by atoms with Gasteiger partial charge in [0.25, 0.3) is 0 Å². The lowest BCUT2D eigenvalue weighted by Crippen LogP contribution is -2.45. The number of rotatable bonds is 1. The van der Waals surface area contributed by atoms with Crippen LogP contribution >= 0.6 is 0 Å². The van der Waals surface area contributed by atoms with Gasteiger partial charge in [-0.2, -0.15) is 18.3 Å². The van der Waals surface area contributed by atoms with E-state index in [-0.39, 0.29) is 0 Å². The van der Waals surface area contributed by atoms with E-state index < -0.39 is 18.1 Å². The fraction of sp³-hybridized carbons (Fsp3) is 0.556. The van der Waals surface area contributed by atoms with Gasteiger partial charge in [0.2, 0.25) is 0 Å². The van der Waals surface area contributed by atoms with E-state index in [1.807, 2.05) is 5.32 Å². The molecule has 2 rings (SSSR count). The summed E-state index contributed by atoms with van der Waals surface area (Å²) in [4.78, 5) is 10.7. The highest BCUT2D eigenvalue weighted by molar-refractivity contribution is 5.82. The second-order valence-electron chi connectivity index (χ2n) is 3.78. The number of carbonyl (C=O) groups is 1. The maximum atomic E-state index is 12.0. The van der Waals surface area contributed by atoms with Gasteiger partial charge in [0.15, 0.2) is 0 Å². The molecule has 1 amide bonds. The first-order valence-corrected chi connectivity index (χ1v) is 4.85. The quantitative estimate of drug-likeness (QED) is 0.758. The summed E-state index contributed by atoms with van der Waals surface area (Å²) < 4.78 is 36.0. The summed E-state index contributed by atoms with van der Waals surface area (Å²) in [6, 6.07) is -0.470. The van der Waals surface area contributed by atoms with Gasteiger partial charge in [0.1, 0.15) is 0 Å². The molecule has 7 heteroatoms. The molecule has 0 spiro atoms. The molecule has 88 valence electrons. The summed E-state index contributed by atoms with van der Waals surface area (Å²) in [7, 11) is 0. The van der Waals surface area contributed by atoms with Gasteiger partial charge in [-0.15, -0.1) is 0 Å². The van der Waals surface area contributed by atoms with Crippen LogP contribution in [0.1, 0.15) is 17.7 Å². The minimum absolute atomic E-state index is 0.372. The molecule has 1 aromatic rings. The van der Waals surface area contributed by atoms with Crippen LogP contribution in [0.3, 0.4) is 0 Å². The molecular weight excluding hydrogens is 223 g/mol. The zero-order valence-electron chi connectivity index (χ0n) is 8.27. The standard InChI is InChI=1S/C9H10F3N3O/c10-9(11,12)8(16)14-6-2-1-5-4-13-15-7(5)3-6/h4,6H,1-3H2,(H,13,15)(H,14,16). The van der Waals surface area contributed by atoms with Crippen LogP contribution in [0, 0.1) is 0 Å². The van der Waals surface area contributed by atoms with Crippen LogP contribution in [-0.4, -0.2) is 28.3 Å². The average molecular weight is 233 g/mol. The second-order valence-corrected chi connectivity index (χ2v) is 3.78. The Morgan fingerprint density at radius 3 is 3.00 bits per heavy atom. The normalized spacial score (nSPS) is 20.3. The Morgan fingerprint density at radius 1 is 1.56 bits per heavy atom. The van der Waals surface area contributed by atoms with Crippen LogP contribution in [-0.2, 0) is 17.6 Å². The number of aromatic nitrogens is 2. The molecule has 0 aliphatic heterocycles. The number of alkyl halides is 3. The maximum absolute atomic E-state index is 12.0. The SMILES string of the molecule is O=C(NC1CCc2cn[nH]c2C1)C(F)(F)F. The number of fused-ring (bicyclic) bond motifs is 1. The van der Waals surface area contributed by atoms with Crippen molar-refractivity contribution in [2.75, 3.05) is 0 Å². The number of H-pyrrole nitrogens is 1. The minimum Gasteiger partial charge on any atom is -0.345 e. The highest BCUT2D eigenvalue weighted by Crippen LogP contribution is 2.21. The van der Waals surface area contributed by atoms with Crippen LogP contribution in [0.15, 0.2) is 6.20 Å². The zero-order chi connectivity index (χ0) is 11.8. The predicted octanol–water partition coefficient (Wildman–Crippen LogP) is 0.945. The van der Waals surface area contributed by atoms with Crippen LogP contribution in [0.4, 0.5) is 13.2 Å². The van der Waals surface area contributed by atoms with Crippen molar-refractivity contribution in [2.45, 2.75) is 31.5 Å². The number of aryl methyl sites for hydroxylation is 1. The van der Waals surface area contributed by atoms with E-state index in [9.17, 15) is 18.0 Å². The Morgan fingerprint density at radius 2 is 2.31 bits per heavy atom. The number of hydrogen-bond donors (Lipinski definition) is 2. The van der Waals surface area contributed by atoms with Crippen LogP contribution in [0.2, 0.25) is 0 Å². The molecule has 0 fully saturated rings. The molecule has 1 aliphatic carbocycles. The lowest BCUT2D eigenvalue weighted by Gasteiger charge is -2.23. The van der Waals surface area contributed by atoms with Crippen molar-refractivity contribution in [2.24, 2.45) is 0 Å². The topological polar surface area (TPSA) is 57.8 Å². The van der Waals surface area contributed by atoms with E-state index in [2.05, 4.69) is 10.2 Å². The highest BCUT2D eigenvalue weighted by Gasteiger charge is 2.40. The van der Waals surface area contributed by atoms with Crippen LogP contribution in [0.25, 0.3) is 0 Å². The van der Waals surface area contributed by atoms with Crippen molar-refractivity contribution in [1.82, 2.24) is 15.5 Å². The molecule has 1 unspecified atom stereocenters. The average Bonchev–Trinajstić information content (AvgIpc) is 2.63. The summed E-state index contributed by atoms with van der Waals surface area (Å²) in [6.07, 6.45) is -1.63. The number of amides is 1. The van der Waals surface area contributed by atoms with E-state index in [1.54, 1.807) is 6.20 Å². The first kappa shape index (κ1) is 11.0. The number of aromatic amines is 1. The van der Waals surface area contributed by atoms with Crippen molar-refractivity contribution >= 4 is 5.91 Å². The molecule has 0 radical (unpaired) electrons. The van der Waals surface area contributed by atoms with Crippen LogP contribution in [0.5, 0.6) is 0 Å². The Bertz CT molecular complexity index is 399. The van der Waals surface area contributed by atoms with Gasteiger partial charge < -0.3 is 5.32 Å². The first-order valence-electron chi connectivity index (χ1n) is 4.85. The minimum atomic E-state index is -4.81. The fourth-order valence-corrected chi connectivity index (χ4v) is 1.80. The number of nitrogens with zero attached hydrogens (tertiary/aromatic N) is 1. The van der Waals surface area contributed by atoms with E-state index in [0.29, 0.717) is 19.3 Å². The molecular formula is C9H10F3N3O. The molecule has 1 aromatic heterocycles. The van der Waals surface area contributed by atoms with Gasteiger partial charge in [-0.3, -0.25) is 9.89 Å². The van der Waals surface area contributed by atoms with Gasteiger partial charge in [-0.1, -0.05) is 0 Å². The third-order valence-electron chi connectivity index (χ3n) is 2.61. The monoisotopic (exact) mass is 233 g/mol. The van der Waals surface area contributed by atoms with E-state index in [0.717, 1.165) is 11.3 Å². The molecule has 0 bridgehead atoms. The Kier molecular flexibility index (Phi) is 2.61. The Labute approximate surface area is 89.2 Å². The molecule has 2 N–H and O–H groups in total. The van der Waals surface area contributed by atoms with Gasteiger partial charge in [-0.25, -0.2) is 0 Å². The van der Waals surface area contributed by atoms with Crippen molar-refractivity contribution < 1.29 is 18.0 Å². The number of halogens is 3. The maximum Gasteiger partial charge on any atom is 0.471 e. The summed E-state index contributed by atoms with van der Waals surface area (Å²) in [5.41, 5.74) is 1.82. The summed E-state index contributed by atoms with van der Waals surface area (Å²) in [5.74, 6) is -1.87. The predicted molar refractivity (Wildman–Crippen MR) is 48.6 cm³/mol. The fourth-order valence-electron chi connectivity index (χ4n) is 1.80. The smallest absolute Gasteiger partial charge is 0.345 e. The lowest BCUT2D eigenvalue weighted by atomic mass is 9.94.